The molecule has 1 aliphatic heterocycles. The number of hydrogen-bond donors (Lipinski definition) is 2. The first-order valence-corrected chi connectivity index (χ1v) is 11.4. The van der Waals surface area contributed by atoms with Crippen molar-refractivity contribution in [1.29, 1.82) is 0 Å². The summed E-state index contributed by atoms with van der Waals surface area (Å²) < 4.78 is 27.0. The van der Waals surface area contributed by atoms with Crippen molar-refractivity contribution < 1.29 is 8.42 Å². The van der Waals surface area contributed by atoms with Crippen LogP contribution in [0.5, 0.6) is 0 Å². The predicted octanol–water partition coefficient (Wildman–Crippen LogP) is 2.69. The molecule has 1 aliphatic rings. The van der Waals surface area contributed by atoms with Gasteiger partial charge in [-0.3, -0.25) is 4.99 Å². The number of aliphatic imine (C=N–C) groups is 1. The molecule has 7 heteroatoms. The summed E-state index contributed by atoms with van der Waals surface area (Å²) in [6.45, 7) is 7.32. The van der Waals surface area contributed by atoms with Crippen LogP contribution in [-0.2, 0) is 10.0 Å². The first-order chi connectivity index (χ1) is 13.0. The van der Waals surface area contributed by atoms with Crippen LogP contribution in [0.3, 0.4) is 0 Å². The summed E-state index contributed by atoms with van der Waals surface area (Å²) in [4.78, 5) is 4.68. The smallest absolute Gasteiger partial charge is 0.243 e. The lowest BCUT2D eigenvalue weighted by molar-refractivity contribution is 0.273. The van der Waals surface area contributed by atoms with Crippen molar-refractivity contribution >= 4 is 16.0 Å². The monoisotopic (exact) mass is 394 g/mol. The Balaban J connectivity index is 1.79. The SMILES string of the molecule is CCC(CC)CNC(=NC)NCC1CCN(S(=O)(=O)c2ccccc2)CC1. The Kier molecular flexibility index (Phi) is 8.57. The predicted molar refractivity (Wildman–Crippen MR) is 111 cm³/mol. The van der Waals surface area contributed by atoms with E-state index >= 15 is 0 Å². The quantitative estimate of drug-likeness (QED) is 0.525. The van der Waals surface area contributed by atoms with Gasteiger partial charge < -0.3 is 10.6 Å². The molecule has 1 heterocycles. The van der Waals surface area contributed by atoms with Gasteiger partial charge in [-0.25, -0.2) is 8.42 Å². The summed E-state index contributed by atoms with van der Waals surface area (Å²) in [5, 5.41) is 6.80. The Morgan fingerprint density at radius 1 is 1.15 bits per heavy atom. The molecule has 1 saturated heterocycles. The summed E-state index contributed by atoms with van der Waals surface area (Å²) in [7, 11) is -1.58. The molecule has 0 atom stereocenters. The zero-order chi connectivity index (χ0) is 19.7. The Bertz CT molecular complexity index is 679. The molecule has 0 bridgehead atoms. The van der Waals surface area contributed by atoms with Crippen molar-refractivity contribution in [3.8, 4) is 0 Å². The summed E-state index contributed by atoms with van der Waals surface area (Å²) in [6.07, 6.45) is 4.05. The van der Waals surface area contributed by atoms with Crippen molar-refractivity contribution in [1.82, 2.24) is 14.9 Å². The van der Waals surface area contributed by atoms with Gasteiger partial charge in [0.15, 0.2) is 5.96 Å². The first kappa shape index (κ1) is 21.7. The van der Waals surface area contributed by atoms with E-state index in [0.717, 1.165) is 44.7 Å². The second-order valence-corrected chi connectivity index (χ2v) is 9.11. The van der Waals surface area contributed by atoms with Gasteiger partial charge in [0.25, 0.3) is 0 Å². The lowest BCUT2D eigenvalue weighted by atomic mass is 9.98. The van der Waals surface area contributed by atoms with Crippen LogP contribution >= 0.6 is 0 Å². The molecule has 1 aromatic carbocycles. The molecular weight excluding hydrogens is 360 g/mol. The molecule has 1 fully saturated rings. The van der Waals surface area contributed by atoms with Gasteiger partial charge in [-0.2, -0.15) is 4.31 Å². The molecule has 6 nitrogen and oxygen atoms in total. The maximum atomic E-state index is 12.7. The maximum absolute atomic E-state index is 12.7. The van der Waals surface area contributed by atoms with Crippen LogP contribution in [0.2, 0.25) is 0 Å². The molecular formula is C20H34N4O2S. The minimum atomic E-state index is -3.37. The van der Waals surface area contributed by atoms with E-state index in [1.165, 1.54) is 0 Å². The number of nitrogens with one attached hydrogen (secondary N) is 2. The average molecular weight is 395 g/mol. The van der Waals surface area contributed by atoms with Crippen LogP contribution < -0.4 is 10.6 Å². The highest BCUT2D eigenvalue weighted by Gasteiger charge is 2.29. The van der Waals surface area contributed by atoms with Crippen LogP contribution in [0.1, 0.15) is 39.5 Å². The summed E-state index contributed by atoms with van der Waals surface area (Å²) in [6, 6.07) is 8.70. The number of benzene rings is 1. The van der Waals surface area contributed by atoms with Gasteiger partial charge in [0.05, 0.1) is 4.90 Å². The standard InChI is InChI=1S/C20H34N4O2S/c1-4-17(5-2)15-22-20(21-3)23-16-18-11-13-24(14-12-18)27(25,26)19-9-7-6-8-10-19/h6-10,17-18H,4-5,11-16H2,1-3H3,(H2,21,22,23). The number of guanidine groups is 1. The van der Waals surface area contributed by atoms with E-state index in [1.807, 2.05) is 6.07 Å². The summed E-state index contributed by atoms with van der Waals surface area (Å²) in [5.41, 5.74) is 0. The molecule has 0 amide bonds. The number of hydrogen-bond acceptors (Lipinski definition) is 3. The zero-order valence-corrected chi connectivity index (χ0v) is 17.6. The lowest BCUT2D eigenvalue weighted by Gasteiger charge is -2.31. The molecule has 0 aliphatic carbocycles. The van der Waals surface area contributed by atoms with Crippen molar-refractivity contribution in [2.45, 2.75) is 44.4 Å². The first-order valence-electron chi connectivity index (χ1n) is 10.0. The van der Waals surface area contributed by atoms with Crippen molar-refractivity contribution in [3.05, 3.63) is 30.3 Å². The van der Waals surface area contributed by atoms with Gasteiger partial charge in [-0.15, -0.1) is 0 Å². The fourth-order valence-corrected chi connectivity index (χ4v) is 4.87. The van der Waals surface area contributed by atoms with E-state index in [9.17, 15) is 8.42 Å². The fraction of sp³-hybridized carbons (Fsp3) is 0.650. The van der Waals surface area contributed by atoms with Crippen LogP contribution in [0.15, 0.2) is 40.2 Å². The van der Waals surface area contributed by atoms with E-state index in [2.05, 4.69) is 29.5 Å². The third-order valence-corrected chi connectivity index (χ3v) is 7.36. The third-order valence-electron chi connectivity index (χ3n) is 5.45. The van der Waals surface area contributed by atoms with Gasteiger partial charge >= 0.3 is 0 Å². The molecule has 0 unspecified atom stereocenters. The Hall–Kier alpha value is -1.60. The van der Waals surface area contributed by atoms with E-state index in [0.29, 0.717) is 29.8 Å². The Morgan fingerprint density at radius 3 is 2.33 bits per heavy atom. The molecule has 0 saturated carbocycles. The van der Waals surface area contributed by atoms with E-state index in [1.54, 1.807) is 35.6 Å². The second-order valence-electron chi connectivity index (χ2n) is 7.18. The van der Waals surface area contributed by atoms with Crippen LogP contribution in [0, 0.1) is 11.8 Å². The highest BCUT2D eigenvalue weighted by Crippen LogP contribution is 2.23. The minimum Gasteiger partial charge on any atom is -0.356 e. The van der Waals surface area contributed by atoms with Gasteiger partial charge in [0.2, 0.25) is 10.0 Å². The highest BCUT2D eigenvalue weighted by atomic mass is 32.2. The number of rotatable bonds is 8. The van der Waals surface area contributed by atoms with Crippen LogP contribution in [-0.4, -0.2) is 51.9 Å². The minimum absolute atomic E-state index is 0.382. The second kappa shape index (κ2) is 10.7. The third kappa shape index (κ3) is 6.21. The number of piperidine rings is 1. The van der Waals surface area contributed by atoms with Crippen molar-refractivity contribution in [3.63, 3.8) is 0 Å². The maximum Gasteiger partial charge on any atom is 0.243 e. The number of sulfonamides is 1. The topological polar surface area (TPSA) is 73.8 Å². The zero-order valence-electron chi connectivity index (χ0n) is 16.8. The number of nitrogens with zero attached hydrogens (tertiary/aromatic N) is 2. The molecule has 0 aromatic heterocycles. The highest BCUT2D eigenvalue weighted by molar-refractivity contribution is 7.89. The average Bonchev–Trinajstić information content (AvgIpc) is 2.72. The molecule has 152 valence electrons. The van der Waals surface area contributed by atoms with Crippen LogP contribution in [0.25, 0.3) is 0 Å². The van der Waals surface area contributed by atoms with Crippen molar-refractivity contribution in [2.24, 2.45) is 16.8 Å². The molecule has 2 rings (SSSR count). The van der Waals surface area contributed by atoms with E-state index < -0.39 is 10.0 Å². The van der Waals surface area contributed by atoms with E-state index in [4.69, 9.17) is 0 Å². The Morgan fingerprint density at radius 2 is 1.78 bits per heavy atom. The van der Waals surface area contributed by atoms with Crippen LogP contribution in [0.4, 0.5) is 0 Å². The van der Waals surface area contributed by atoms with Gasteiger partial charge in [0.1, 0.15) is 0 Å². The molecule has 2 N–H and O–H groups in total. The largest absolute Gasteiger partial charge is 0.356 e. The van der Waals surface area contributed by atoms with Gasteiger partial charge in [-0.1, -0.05) is 44.9 Å². The molecule has 0 spiro atoms. The lowest BCUT2D eigenvalue weighted by Crippen LogP contribution is -2.45. The summed E-state index contributed by atoms with van der Waals surface area (Å²) >= 11 is 0. The Labute approximate surface area is 164 Å². The van der Waals surface area contributed by atoms with Gasteiger partial charge in [-0.05, 0) is 36.8 Å². The molecule has 1 aromatic rings. The fourth-order valence-electron chi connectivity index (χ4n) is 3.38. The van der Waals surface area contributed by atoms with Gasteiger partial charge in [0, 0.05) is 33.2 Å². The molecule has 27 heavy (non-hydrogen) atoms. The molecule has 0 radical (unpaired) electrons. The van der Waals surface area contributed by atoms with E-state index in [-0.39, 0.29) is 0 Å². The normalized spacial score (nSPS) is 17.3. The van der Waals surface area contributed by atoms with Crippen molar-refractivity contribution in [2.75, 3.05) is 33.2 Å². The summed E-state index contributed by atoms with van der Waals surface area (Å²) in [5.74, 6) is 1.95.